The highest BCUT2D eigenvalue weighted by Crippen LogP contribution is 2.20. The summed E-state index contributed by atoms with van der Waals surface area (Å²) in [5.74, 6) is -0.989. The van der Waals surface area contributed by atoms with Gasteiger partial charge in [-0.3, -0.25) is 9.59 Å². The van der Waals surface area contributed by atoms with Gasteiger partial charge in [0.2, 0.25) is 5.91 Å². The van der Waals surface area contributed by atoms with Crippen LogP contribution in [0.4, 0.5) is 0 Å². The quantitative estimate of drug-likeness (QED) is 0.673. The maximum absolute atomic E-state index is 11.8. The summed E-state index contributed by atoms with van der Waals surface area (Å²) in [5, 5.41) is 11.5. The molecule has 1 atom stereocenters. The fourth-order valence-electron chi connectivity index (χ4n) is 1.42. The number of aliphatic carboxylic acids is 1. The third kappa shape index (κ3) is 7.27. The molecule has 0 fully saturated rings. The highest BCUT2D eigenvalue weighted by molar-refractivity contribution is 5.77. The number of carbonyl (C=O) groups excluding carboxylic acids is 1. The van der Waals surface area contributed by atoms with Crippen molar-refractivity contribution >= 4 is 11.9 Å². The predicted octanol–water partition coefficient (Wildman–Crippen LogP) is 1.51. The van der Waals surface area contributed by atoms with Crippen LogP contribution in [0.15, 0.2) is 0 Å². The maximum Gasteiger partial charge on any atom is 0.303 e. The summed E-state index contributed by atoms with van der Waals surface area (Å²) in [7, 11) is 0. The molecule has 1 amide bonds. The molecule has 0 bridgehead atoms. The van der Waals surface area contributed by atoms with Crippen LogP contribution in [-0.4, -0.2) is 28.6 Å². The van der Waals surface area contributed by atoms with Gasteiger partial charge in [-0.2, -0.15) is 0 Å². The number of nitrogens with two attached hydrogens (primary N) is 1. The highest BCUT2D eigenvalue weighted by atomic mass is 16.4. The number of amides is 1. The van der Waals surface area contributed by atoms with Crippen LogP contribution in [0, 0.1) is 5.41 Å². The van der Waals surface area contributed by atoms with Crippen LogP contribution in [-0.2, 0) is 9.59 Å². The third-order valence-electron chi connectivity index (χ3n) is 2.96. The summed E-state index contributed by atoms with van der Waals surface area (Å²) in [6, 6.07) is -0.215. The van der Waals surface area contributed by atoms with E-state index in [4.69, 9.17) is 10.8 Å². The number of hydrogen-bond acceptors (Lipinski definition) is 3. The van der Waals surface area contributed by atoms with Gasteiger partial charge in [-0.15, -0.1) is 0 Å². The van der Waals surface area contributed by atoms with Crippen molar-refractivity contribution in [3.63, 3.8) is 0 Å². The Hall–Kier alpha value is -1.10. The number of nitrogens with one attached hydrogen (secondary N) is 1. The minimum Gasteiger partial charge on any atom is -0.481 e. The Morgan fingerprint density at radius 1 is 1.22 bits per heavy atom. The van der Waals surface area contributed by atoms with Gasteiger partial charge in [0.1, 0.15) is 0 Å². The molecule has 0 heterocycles. The first-order valence-corrected chi connectivity index (χ1v) is 6.22. The highest BCUT2D eigenvalue weighted by Gasteiger charge is 2.26. The molecular weight excluding hydrogens is 232 g/mol. The van der Waals surface area contributed by atoms with Crippen LogP contribution in [0.5, 0.6) is 0 Å². The largest absolute Gasteiger partial charge is 0.481 e. The van der Waals surface area contributed by atoms with Gasteiger partial charge in [-0.25, -0.2) is 0 Å². The second-order valence-corrected chi connectivity index (χ2v) is 6.50. The molecule has 0 aliphatic rings. The zero-order valence-electron chi connectivity index (χ0n) is 12.0. The lowest BCUT2D eigenvalue weighted by Gasteiger charge is -2.30. The van der Waals surface area contributed by atoms with Gasteiger partial charge >= 0.3 is 5.97 Å². The third-order valence-corrected chi connectivity index (χ3v) is 2.96. The Bertz CT molecular complexity index is 306. The predicted molar refractivity (Wildman–Crippen MR) is 71.1 cm³/mol. The van der Waals surface area contributed by atoms with Gasteiger partial charge < -0.3 is 16.2 Å². The summed E-state index contributed by atoms with van der Waals surface area (Å²) in [6.45, 7) is 9.59. The van der Waals surface area contributed by atoms with E-state index in [1.807, 2.05) is 34.6 Å². The van der Waals surface area contributed by atoms with Gasteiger partial charge in [0.15, 0.2) is 0 Å². The van der Waals surface area contributed by atoms with E-state index >= 15 is 0 Å². The van der Waals surface area contributed by atoms with Crippen molar-refractivity contribution < 1.29 is 14.7 Å². The molecule has 0 aliphatic heterocycles. The maximum atomic E-state index is 11.8. The number of carboxylic acids is 1. The second-order valence-electron chi connectivity index (χ2n) is 6.50. The van der Waals surface area contributed by atoms with E-state index in [2.05, 4.69) is 5.32 Å². The van der Waals surface area contributed by atoms with Crippen LogP contribution in [0.25, 0.3) is 0 Å². The molecule has 5 nitrogen and oxygen atoms in total. The van der Waals surface area contributed by atoms with Crippen LogP contribution < -0.4 is 11.1 Å². The number of rotatable bonds is 6. The molecule has 0 rings (SSSR count). The molecule has 0 aliphatic carbocycles. The molecule has 0 saturated carbocycles. The van der Waals surface area contributed by atoms with Crippen molar-refractivity contribution in [1.29, 1.82) is 0 Å². The molecule has 18 heavy (non-hydrogen) atoms. The lowest BCUT2D eigenvalue weighted by atomic mass is 9.85. The fraction of sp³-hybridized carbons (Fsp3) is 0.846. The Labute approximate surface area is 109 Å². The molecule has 0 saturated heterocycles. The van der Waals surface area contributed by atoms with E-state index in [1.54, 1.807) is 0 Å². The summed E-state index contributed by atoms with van der Waals surface area (Å²) >= 11 is 0. The first kappa shape index (κ1) is 16.9. The molecule has 106 valence electrons. The van der Waals surface area contributed by atoms with E-state index in [0.29, 0.717) is 6.42 Å². The first-order chi connectivity index (χ1) is 7.94. The second kappa shape index (κ2) is 6.18. The lowest BCUT2D eigenvalue weighted by Crippen LogP contribution is -2.47. The summed E-state index contributed by atoms with van der Waals surface area (Å²) in [5.41, 5.74) is 5.29. The Morgan fingerprint density at radius 3 is 2.11 bits per heavy atom. The van der Waals surface area contributed by atoms with Gasteiger partial charge in [-0.1, -0.05) is 20.8 Å². The van der Waals surface area contributed by atoms with Crippen molar-refractivity contribution in [3.8, 4) is 0 Å². The molecule has 0 radical (unpaired) electrons. The minimum absolute atomic E-state index is 0.0403. The molecule has 0 aromatic carbocycles. The molecule has 5 heteroatoms. The van der Waals surface area contributed by atoms with E-state index in [0.717, 1.165) is 0 Å². The van der Waals surface area contributed by atoms with E-state index in [9.17, 15) is 9.59 Å². The summed E-state index contributed by atoms with van der Waals surface area (Å²) in [6.07, 6.45) is 0.692. The Morgan fingerprint density at radius 2 is 1.72 bits per heavy atom. The molecule has 0 aromatic rings. The Balaban J connectivity index is 4.26. The SMILES string of the molecule is CC(C)(CCC(=O)O)NC(=O)CC(N)C(C)(C)C. The molecule has 1 unspecified atom stereocenters. The minimum atomic E-state index is -0.858. The average Bonchev–Trinajstić information content (AvgIpc) is 2.12. The van der Waals surface area contributed by atoms with Crippen molar-refractivity contribution in [2.24, 2.45) is 11.1 Å². The molecule has 0 spiro atoms. The number of carboxylic acid groups (broad SMARTS) is 1. The zero-order valence-corrected chi connectivity index (χ0v) is 12.0. The topological polar surface area (TPSA) is 92.4 Å². The van der Waals surface area contributed by atoms with Gasteiger partial charge in [0, 0.05) is 24.4 Å². The van der Waals surface area contributed by atoms with Gasteiger partial charge in [0.25, 0.3) is 0 Å². The Kier molecular flexibility index (Phi) is 5.80. The van der Waals surface area contributed by atoms with Crippen molar-refractivity contribution in [2.75, 3.05) is 0 Å². The van der Waals surface area contributed by atoms with Crippen LogP contribution in [0.1, 0.15) is 53.9 Å². The van der Waals surface area contributed by atoms with Gasteiger partial charge in [-0.05, 0) is 25.7 Å². The van der Waals surface area contributed by atoms with Crippen LogP contribution >= 0.6 is 0 Å². The zero-order chi connectivity index (χ0) is 14.6. The van der Waals surface area contributed by atoms with Gasteiger partial charge in [0.05, 0.1) is 0 Å². The average molecular weight is 258 g/mol. The lowest BCUT2D eigenvalue weighted by molar-refractivity contribution is -0.137. The van der Waals surface area contributed by atoms with Crippen LogP contribution in [0.2, 0.25) is 0 Å². The number of carbonyl (C=O) groups is 2. The molecule has 0 aromatic heterocycles. The molecular formula is C13H26N2O3. The van der Waals surface area contributed by atoms with E-state index in [-0.39, 0.29) is 30.2 Å². The molecule has 4 N–H and O–H groups in total. The standard InChI is InChI=1S/C13H26N2O3/c1-12(2,3)9(14)8-10(16)15-13(4,5)7-6-11(17)18/h9H,6-8,14H2,1-5H3,(H,15,16)(H,17,18). The monoisotopic (exact) mass is 258 g/mol. The summed E-state index contributed by atoms with van der Waals surface area (Å²) < 4.78 is 0. The summed E-state index contributed by atoms with van der Waals surface area (Å²) in [4.78, 5) is 22.3. The van der Waals surface area contributed by atoms with Crippen LogP contribution in [0.3, 0.4) is 0 Å². The fourth-order valence-corrected chi connectivity index (χ4v) is 1.42. The van der Waals surface area contributed by atoms with E-state index < -0.39 is 11.5 Å². The van der Waals surface area contributed by atoms with E-state index in [1.165, 1.54) is 0 Å². The van der Waals surface area contributed by atoms with Crippen molar-refractivity contribution in [1.82, 2.24) is 5.32 Å². The smallest absolute Gasteiger partial charge is 0.303 e. The van der Waals surface area contributed by atoms with Crippen molar-refractivity contribution in [2.45, 2.75) is 65.5 Å². The number of hydrogen-bond donors (Lipinski definition) is 3. The van der Waals surface area contributed by atoms with Crippen molar-refractivity contribution in [3.05, 3.63) is 0 Å². The normalized spacial score (nSPS) is 14.1. The first-order valence-electron chi connectivity index (χ1n) is 6.22.